The van der Waals surface area contributed by atoms with Crippen LogP contribution in [-0.2, 0) is 16.9 Å². The summed E-state index contributed by atoms with van der Waals surface area (Å²) in [6, 6.07) is 13.2. The lowest BCUT2D eigenvalue weighted by atomic mass is 10.1. The Labute approximate surface area is 275 Å². The third-order valence-corrected chi connectivity index (χ3v) is 7.87. The summed E-state index contributed by atoms with van der Waals surface area (Å²) in [5.74, 6) is 0.732. The molecule has 0 bridgehead atoms. The predicted octanol–water partition coefficient (Wildman–Crippen LogP) is 3.85. The number of anilines is 3. The number of fused-ring (bicyclic) bond motifs is 1. The summed E-state index contributed by atoms with van der Waals surface area (Å²) in [6.07, 6.45) is 5.01. The van der Waals surface area contributed by atoms with Crippen molar-refractivity contribution < 1.29 is 9.90 Å². The van der Waals surface area contributed by atoms with Gasteiger partial charge in [0.05, 0.1) is 12.2 Å². The Balaban J connectivity index is 1.30. The molecule has 47 heavy (non-hydrogen) atoms. The van der Waals surface area contributed by atoms with Crippen LogP contribution >= 0.6 is 0 Å². The molecule has 0 aliphatic carbocycles. The van der Waals surface area contributed by atoms with E-state index in [4.69, 9.17) is 4.98 Å². The van der Waals surface area contributed by atoms with Crippen molar-refractivity contribution in [2.24, 2.45) is 0 Å². The van der Waals surface area contributed by atoms with Crippen LogP contribution in [0.25, 0.3) is 16.9 Å². The highest BCUT2D eigenvalue weighted by atomic mass is 16.3. The molecule has 1 aliphatic rings. The molecule has 1 aliphatic heterocycles. The summed E-state index contributed by atoms with van der Waals surface area (Å²) in [7, 11) is 4.00. The average Bonchev–Trinajstić information content (AvgIpc) is 3.30. The van der Waals surface area contributed by atoms with Gasteiger partial charge in [-0.2, -0.15) is 4.98 Å². The number of likely N-dealkylation sites (N-methyl/N-ethyl adjacent to an activating group) is 1. The summed E-state index contributed by atoms with van der Waals surface area (Å²) in [6.45, 7) is 16.8. The van der Waals surface area contributed by atoms with E-state index in [1.165, 1.54) is 10.9 Å². The minimum Gasteiger partial charge on any atom is -0.384 e. The molecular weight excluding hydrogens is 594 g/mol. The van der Waals surface area contributed by atoms with Gasteiger partial charge in [-0.1, -0.05) is 24.3 Å². The molecule has 0 atom stereocenters. The van der Waals surface area contributed by atoms with Crippen molar-refractivity contribution in [1.29, 1.82) is 0 Å². The second kappa shape index (κ2) is 13.7. The molecule has 0 spiro atoms. The fourth-order valence-corrected chi connectivity index (χ4v) is 5.65. The maximum Gasteiger partial charge on any atom is 0.278 e. The van der Waals surface area contributed by atoms with Gasteiger partial charge in [0.25, 0.3) is 11.5 Å². The van der Waals surface area contributed by atoms with Gasteiger partial charge in [-0.25, -0.2) is 19.3 Å². The summed E-state index contributed by atoms with van der Waals surface area (Å²) in [5.41, 5.74) is 2.84. The van der Waals surface area contributed by atoms with E-state index >= 15 is 0 Å². The van der Waals surface area contributed by atoms with Gasteiger partial charge in [-0.3, -0.25) is 9.59 Å². The van der Waals surface area contributed by atoms with Crippen LogP contribution in [0, 0.1) is 0 Å². The maximum absolute atomic E-state index is 13.3. The van der Waals surface area contributed by atoms with Gasteiger partial charge in [0.15, 0.2) is 11.5 Å². The zero-order chi connectivity index (χ0) is 33.9. The number of amides is 1. The van der Waals surface area contributed by atoms with Crippen LogP contribution in [0.5, 0.6) is 0 Å². The highest BCUT2D eigenvalue weighted by molar-refractivity contribution is 5.95. The first-order valence-corrected chi connectivity index (χ1v) is 15.6. The number of carbonyl (C=O) groups excluding carboxylic acids is 1. The molecule has 1 aromatic carbocycles. The molecule has 0 radical (unpaired) electrons. The monoisotopic (exact) mass is 637 g/mol. The van der Waals surface area contributed by atoms with E-state index in [1.54, 1.807) is 42.8 Å². The van der Waals surface area contributed by atoms with Crippen LogP contribution in [0.3, 0.4) is 0 Å². The van der Waals surface area contributed by atoms with Gasteiger partial charge in [-0.05, 0) is 77.3 Å². The lowest BCUT2D eigenvalue weighted by molar-refractivity contribution is -0.127. The molecule has 3 aromatic heterocycles. The standard InChI is InChI=1S/C35H43N9O3/c1-8-16-43-33(46)28-22-36-34(39-31(28)44(43)30-11-9-10-29(38-30)35(4,5)47)37-26-12-14-27(15-13-26)41-17-19-42(20-18-41)32(45)25(3)21-24(2)23-40(6)7/h8-15,21-22,47H,1,3,16-20,23H2,2,4-7H3,(H,36,37,39)/b24-21+. The molecule has 12 nitrogen and oxygen atoms in total. The van der Waals surface area contributed by atoms with Gasteiger partial charge in [0.2, 0.25) is 5.95 Å². The van der Waals surface area contributed by atoms with E-state index in [0.29, 0.717) is 60.2 Å². The Kier molecular flexibility index (Phi) is 9.73. The third kappa shape index (κ3) is 7.50. The molecule has 1 amide bonds. The van der Waals surface area contributed by atoms with Crippen molar-refractivity contribution in [3.05, 3.63) is 101 Å². The highest BCUT2D eigenvalue weighted by Gasteiger charge is 2.24. The smallest absolute Gasteiger partial charge is 0.278 e. The lowest BCUT2D eigenvalue weighted by Gasteiger charge is -2.36. The normalized spacial score (nSPS) is 14.1. The number of carbonyl (C=O) groups is 1. The number of rotatable bonds is 11. The first-order valence-electron chi connectivity index (χ1n) is 15.6. The van der Waals surface area contributed by atoms with Crippen molar-refractivity contribution in [2.75, 3.05) is 57.0 Å². The summed E-state index contributed by atoms with van der Waals surface area (Å²) in [4.78, 5) is 46.2. The van der Waals surface area contributed by atoms with Crippen LogP contribution < -0.4 is 15.8 Å². The summed E-state index contributed by atoms with van der Waals surface area (Å²) < 4.78 is 3.12. The Hall–Kier alpha value is -5.07. The van der Waals surface area contributed by atoms with E-state index in [-0.39, 0.29) is 18.0 Å². The number of nitrogens with zero attached hydrogens (tertiary/aromatic N) is 8. The molecule has 4 heterocycles. The number of nitrogens with one attached hydrogen (secondary N) is 1. The van der Waals surface area contributed by atoms with Gasteiger partial charge in [-0.15, -0.1) is 6.58 Å². The summed E-state index contributed by atoms with van der Waals surface area (Å²) >= 11 is 0. The Bertz CT molecular complexity index is 1870. The average molecular weight is 638 g/mol. The van der Waals surface area contributed by atoms with Crippen LogP contribution in [0.2, 0.25) is 0 Å². The number of benzene rings is 1. The summed E-state index contributed by atoms with van der Waals surface area (Å²) in [5, 5.41) is 14.1. The van der Waals surface area contributed by atoms with Gasteiger partial charge >= 0.3 is 0 Å². The number of aromatic nitrogens is 5. The fraction of sp³-hybridized carbons (Fsp3) is 0.343. The first kappa shape index (κ1) is 33.3. The molecule has 5 rings (SSSR count). The van der Waals surface area contributed by atoms with E-state index in [0.717, 1.165) is 23.5 Å². The topological polar surface area (TPSA) is 125 Å². The molecular formula is C35H43N9O3. The van der Waals surface area contributed by atoms with Crippen LogP contribution in [0.1, 0.15) is 26.5 Å². The lowest BCUT2D eigenvalue weighted by Crippen LogP contribution is -2.49. The molecule has 0 unspecified atom stereocenters. The first-order chi connectivity index (χ1) is 22.3. The van der Waals surface area contributed by atoms with Crippen molar-refractivity contribution in [3.8, 4) is 5.82 Å². The van der Waals surface area contributed by atoms with E-state index < -0.39 is 5.60 Å². The third-order valence-electron chi connectivity index (χ3n) is 7.87. The van der Waals surface area contributed by atoms with Crippen molar-refractivity contribution in [3.63, 3.8) is 0 Å². The van der Waals surface area contributed by atoms with Crippen molar-refractivity contribution in [1.82, 2.24) is 34.1 Å². The second-order valence-corrected chi connectivity index (χ2v) is 12.6. The number of piperazine rings is 1. The van der Waals surface area contributed by atoms with Crippen LogP contribution in [-0.4, -0.2) is 91.9 Å². The molecule has 12 heteroatoms. The van der Waals surface area contributed by atoms with Gasteiger partial charge in [0.1, 0.15) is 11.0 Å². The number of pyridine rings is 1. The van der Waals surface area contributed by atoms with E-state index in [9.17, 15) is 14.7 Å². The highest BCUT2D eigenvalue weighted by Crippen LogP contribution is 2.24. The van der Waals surface area contributed by atoms with Crippen LogP contribution in [0.15, 0.2) is 89.9 Å². The molecule has 1 saturated heterocycles. The minimum atomic E-state index is -1.17. The Morgan fingerprint density at radius 3 is 2.43 bits per heavy atom. The molecule has 1 fully saturated rings. The Morgan fingerprint density at radius 1 is 1.09 bits per heavy atom. The van der Waals surface area contributed by atoms with Crippen molar-refractivity contribution >= 4 is 34.3 Å². The second-order valence-electron chi connectivity index (χ2n) is 12.6. The molecule has 0 saturated carbocycles. The quantitative estimate of drug-likeness (QED) is 0.143. The molecule has 2 N–H and O–H groups in total. The zero-order valence-corrected chi connectivity index (χ0v) is 27.8. The van der Waals surface area contributed by atoms with Crippen molar-refractivity contribution in [2.45, 2.75) is 32.9 Å². The number of hydrogen-bond donors (Lipinski definition) is 2. The zero-order valence-electron chi connectivity index (χ0n) is 27.8. The van der Waals surface area contributed by atoms with Crippen LogP contribution in [0.4, 0.5) is 17.3 Å². The van der Waals surface area contributed by atoms with E-state index in [1.807, 2.05) is 56.3 Å². The van der Waals surface area contributed by atoms with Gasteiger partial charge in [0, 0.05) is 55.9 Å². The predicted molar refractivity (Wildman–Crippen MR) is 186 cm³/mol. The molecule has 246 valence electrons. The Morgan fingerprint density at radius 2 is 1.79 bits per heavy atom. The number of hydrogen-bond acceptors (Lipinski definition) is 9. The SMILES string of the molecule is C=CCn1c(=O)c2cnc(Nc3ccc(N4CCN(C(=O)C(=C)/C=C(\C)CN(C)C)CC4)cc3)nc2n1-c1cccc(C(C)(C)O)n1. The maximum atomic E-state index is 13.3. The largest absolute Gasteiger partial charge is 0.384 e. The number of aliphatic hydroxyl groups is 1. The van der Waals surface area contributed by atoms with Gasteiger partial charge < -0.3 is 25.1 Å². The molecule has 4 aromatic rings. The van der Waals surface area contributed by atoms with E-state index in [2.05, 4.69) is 38.2 Å². The number of allylic oxidation sites excluding steroid dienone is 1. The minimum absolute atomic E-state index is 0.0229. The fourth-order valence-electron chi connectivity index (χ4n) is 5.65.